The van der Waals surface area contributed by atoms with Crippen molar-refractivity contribution in [3.05, 3.63) is 47.5 Å². The number of aromatic hydroxyl groups is 4. The number of hydrogen-bond donors (Lipinski definition) is 4. The first-order chi connectivity index (χ1) is 12.5. The van der Waals surface area contributed by atoms with Crippen molar-refractivity contribution >= 4 is 12.4 Å². The maximum absolute atomic E-state index is 9.86. The van der Waals surface area contributed by atoms with Crippen molar-refractivity contribution in [2.45, 2.75) is 37.8 Å². The summed E-state index contributed by atoms with van der Waals surface area (Å²) in [7, 11) is 0. The lowest BCUT2D eigenvalue weighted by molar-refractivity contribution is 0.390. The van der Waals surface area contributed by atoms with Crippen molar-refractivity contribution in [2.24, 2.45) is 9.98 Å². The highest BCUT2D eigenvalue weighted by atomic mass is 16.3. The van der Waals surface area contributed by atoms with Gasteiger partial charge in [-0.3, -0.25) is 9.98 Å². The van der Waals surface area contributed by atoms with E-state index in [1.54, 1.807) is 12.4 Å². The van der Waals surface area contributed by atoms with Gasteiger partial charge in [0.05, 0.1) is 12.1 Å². The van der Waals surface area contributed by atoms with Crippen LogP contribution in [0.3, 0.4) is 0 Å². The molecule has 0 aliphatic heterocycles. The number of hydrogen-bond acceptors (Lipinski definition) is 6. The Morgan fingerprint density at radius 2 is 1.12 bits per heavy atom. The van der Waals surface area contributed by atoms with Gasteiger partial charge in [-0.05, 0) is 49.2 Å². The van der Waals surface area contributed by atoms with E-state index in [1.807, 2.05) is 0 Å². The molecule has 1 saturated carbocycles. The molecule has 0 saturated heterocycles. The van der Waals surface area contributed by atoms with Gasteiger partial charge in [0.15, 0.2) is 0 Å². The Morgan fingerprint density at radius 1 is 0.692 bits per heavy atom. The molecule has 1 fully saturated rings. The van der Waals surface area contributed by atoms with Crippen LogP contribution in [0.25, 0.3) is 0 Å². The highest BCUT2D eigenvalue weighted by molar-refractivity contribution is 5.85. The van der Waals surface area contributed by atoms with Crippen LogP contribution in [-0.2, 0) is 0 Å². The molecule has 6 nitrogen and oxygen atoms in total. The highest BCUT2D eigenvalue weighted by Crippen LogP contribution is 2.26. The van der Waals surface area contributed by atoms with Gasteiger partial charge in [0.25, 0.3) is 0 Å². The molecule has 136 valence electrons. The second-order valence-corrected chi connectivity index (χ2v) is 6.46. The summed E-state index contributed by atoms with van der Waals surface area (Å²) in [5, 5.41) is 38.8. The first-order valence-corrected chi connectivity index (χ1v) is 8.63. The number of nitrogens with zero attached hydrogens (tertiary/aromatic N) is 2. The lowest BCUT2D eigenvalue weighted by Gasteiger charge is -2.25. The summed E-state index contributed by atoms with van der Waals surface area (Å²) >= 11 is 0. The van der Waals surface area contributed by atoms with Gasteiger partial charge >= 0.3 is 0 Å². The fraction of sp³-hybridized carbons (Fsp3) is 0.300. The van der Waals surface area contributed by atoms with E-state index in [9.17, 15) is 20.4 Å². The van der Waals surface area contributed by atoms with Crippen molar-refractivity contribution in [1.29, 1.82) is 0 Å². The zero-order valence-electron chi connectivity index (χ0n) is 14.3. The van der Waals surface area contributed by atoms with Crippen molar-refractivity contribution in [3.63, 3.8) is 0 Å². The molecule has 4 N–H and O–H groups in total. The fourth-order valence-electron chi connectivity index (χ4n) is 3.08. The van der Waals surface area contributed by atoms with Gasteiger partial charge in [-0.25, -0.2) is 0 Å². The number of phenols is 4. The smallest absolute Gasteiger partial charge is 0.124 e. The minimum atomic E-state index is -0.0406. The topological polar surface area (TPSA) is 106 Å². The molecule has 0 amide bonds. The summed E-state index contributed by atoms with van der Waals surface area (Å²) in [6.45, 7) is 0. The third-order valence-corrected chi connectivity index (χ3v) is 4.53. The zero-order valence-corrected chi connectivity index (χ0v) is 14.3. The second kappa shape index (κ2) is 7.91. The SMILES string of the molecule is Oc1ccc(O)c(C=N[C@@H]2CCCC[C@H]2N=Cc2cc(O)ccc2O)c1. The van der Waals surface area contributed by atoms with Gasteiger partial charge in [0.1, 0.15) is 23.0 Å². The van der Waals surface area contributed by atoms with Gasteiger partial charge < -0.3 is 20.4 Å². The maximum Gasteiger partial charge on any atom is 0.124 e. The Hall–Kier alpha value is -3.02. The van der Waals surface area contributed by atoms with Crippen molar-refractivity contribution < 1.29 is 20.4 Å². The minimum absolute atomic E-state index is 0.0406. The van der Waals surface area contributed by atoms with Crippen molar-refractivity contribution in [1.82, 2.24) is 0 Å². The number of benzene rings is 2. The predicted molar refractivity (Wildman–Crippen MR) is 101 cm³/mol. The summed E-state index contributed by atoms with van der Waals surface area (Å²) in [4.78, 5) is 9.13. The third-order valence-electron chi connectivity index (χ3n) is 4.53. The van der Waals surface area contributed by atoms with Gasteiger partial charge in [-0.1, -0.05) is 12.8 Å². The van der Waals surface area contributed by atoms with E-state index in [4.69, 9.17) is 0 Å². The molecule has 2 aromatic rings. The number of rotatable bonds is 4. The van der Waals surface area contributed by atoms with E-state index in [0.29, 0.717) is 11.1 Å². The van der Waals surface area contributed by atoms with Crippen LogP contribution in [0.5, 0.6) is 23.0 Å². The molecule has 26 heavy (non-hydrogen) atoms. The largest absolute Gasteiger partial charge is 0.508 e. The molecule has 0 radical (unpaired) electrons. The molecule has 0 unspecified atom stereocenters. The Morgan fingerprint density at radius 3 is 1.54 bits per heavy atom. The Labute approximate surface area is 151 Å². The molecular weight excluding hydrogens is 332 g/mol. The van der Waals surface area contributed by atoms with E-state index in [-0.39, 0.29) is 35.1 Å². The predicted octanol–water partition coefficient (Wildman–Crippen LogP) is 3.36. The van der Waals surface area contributed by atoms with Gasteiger partial charge in [-0.2, -0.15) is 0 Å². The van der Waals surface area contributed by atoms with Crippen molar-refractivity contribution in [2.75, 3.05) is 0 Å². The molecule has 0 aromatic heterocycles. The Bertz CT molecular complexity index is 763. The standard InChI is InChI=1S/C20H22N2O4/c23-15-5-7-19(25)13(9-15)11-21-17-3-1-2-4-18(17)22-12-14-10-16(24)6-8-20(14)26/h5-12,17-18,23-26H,1-4H2/t17-,18-/m1/s1. The van der Waals surface area contributed by atoms with Crippen LogP contribution < -0.4 is 0 Å². The molecule has 0 bridgehead atoms. The molecule has 1 aliphatic rings. The molecule has 2 atom stereocenters. The average molecular weight is 354 g/mol. The first kappa shape index (κ1) is 17.8. The number of phenolic OH excluding ortho intramolecular Hbond substituents is 4. The van der Waals surface area contributed by atoms with Crippen LogP contribution >= 0.6 is 0 Å². The number of aliphatic imine (C=N–C) groups is 2. The van der Waals surface area contributed by atoms with E-state index >= 15 is 0 Å². The molecule has 0 heterocycles. The highest BCUT2D eigenvalue weighted by Gasteiger charge is 2.23. The summed E-state index contributed by atoms with van der Waals surface area (Å²) in [5.74, 6) is 0.267. The normalized spacial score (nSPS) is 20.8. The first-order valence-electron chi connectivity index (χ1n) is 8.63. The van der Waals surface area contributed by atoms with E-state index in [1.165, 1.54) is 36.4 Å². The lowest BCUT2D eigenvalue weighted by atomic mass is 9.91. The van der Waals surface area contributed by atoms with Crippen LogP contribution in [0.1, 0.15) is 36.8 Å². The Kier molecular flexibility index (Phi) is 5.41. The van der Waals surface area contributed by atoms with Gasteiger partial charge in [0.2, 0.25) is 0 Å². The van der Waals surface area contributed by atoms with Crippen molar-refractivity contribution in [3.8, 4) is 23.0 Å². The summed E-state index contributed by atoms with van der Waals surface area (Å²) in [6, 6.07) is 8.54. The monoisotopic (exact) mass is 354 g/mol. The van der Waals surface area contributed by atoms with Crippen LogP contribution in [0.2, 0.25) is 0 Å². The maximum atomic E-state index is 9.86. The lowest BCUT2D eigenvalue weighted by Crippen LogP contribution is -2.27. The van der Waals surface area contributed by atoms with E-state index < -0.39 is 0 Å². The van der Waals surface area contributed by atoms with Gasteiger partial charge in [-0.15, -0.1) is 0 Å². The minimum Gasteiger partial charge on any atom is -0.508 e. The van der Waals surface area contributed by atoms with Gasteiger partial charge in [0, 0.05) is 23.6 Å². The molecule has 1 aliphatic carbocycles. The average Bonchev–Trinajstić information content (AvgIpc) is 2.64. The van der Waals surface area contributed by atoms with Crippen LogP contribution in [0.15, 0.2) is 46.4 Å². The zero-order chi connectivity index (χ0) is 18.5. The molecule has 6 heteroatoms. The molecular formula is C20H22N2O4. The van der Waals surface area contributed by atoms with E-state index in [0.717, 1.165) is 25.7 Å². The fourth-order valence-corrected chi connectivity index (χ4v) is 3.08. The van der Waals surface area contributed by atoms with E-state index in [2.05, 4.69) is 9.98 Å². The molecule has 2 aromatic carbocycles. The third kappa shape index (κ3) is 4.33. The van der Waals surface area contributed by atoms with Crippen LogP contribution in [0, 0.1) is 0 Å². The summed E-state index contributed by atoms with van der Waals surface area (Å²) in [6.07, 6.45) is 7.00. The summed E-state index contributed by atoms with van der Waals surface area (Å²) in [5.41, 5.74) is 0.924. The quantitative estimate of drug-likeness (QED) is 0.499. The molecule has 0 spiro atoms. The molecule has 3 rings (SSSR count). The van der Waals surface area contributed by atoms with Crippen LogP contribution in [-0.4, -0.2) is 44.9 Å². The second-order valence-electron chi connectivity index (χ2n) is 6.46. The van der Waals surface area contributed by atoms with Crippen LogP contribution in [0.4, 0.5) is 0 Å². The Balaban J connectivity index is 1.77. The summed E-state index contributed by atoms with van der Waals surface area (Å²) < 4.78 is 0.